The van der Waals surface area contributed by atoms with E-state index in [-0.39, 0.29) is 17.9 Å². The summed E-state index contributed by atoms with van der Waals surface area (Å²) in [6.07, 6.45) is 0.566. The van der Waals surface area contributed by atoms with Crippen LogP contribution < -0.4 is 10.1 Å². The van der Waals surface area contributed by atoms with Gasteiger partial charge in [-0.1, -0.05) is 28.1 Å². The topological polar surface area (TPSA) is 21.3 Å². The van der Waals surface area contributed by atoms with E-state index in [0.717, 1.165) is 34.0 Å². The monoisotopic (exact) mass is 423 g/mol. The molecule has 0 bridgehead atoms. The van der Waals surface area contributed by atoms with Crippen LogP contribution >= 0.6 is 15.9 Å². The highest BCUT2D eigenvalue weighted by atomic mass is 79.9. The van der Waals surface area contributed by atoms with Crippen molar-refractivity contribution >= 4 is 21.6 Å². The smallest absolute Gasteiger partial charge is 0.416 e. The van der Waals surface area contributed by atoms with Crippen LogP contribution in [0.25, 0.3) is 0 Å². The van der Waals surface area contributed by atoms with Gasteiger partial charge < -0.3 is 10.1 Å². The average molecular weight is 424 g/mol. The maximum absolute atomic E-state index is 13.1. The number of nitrogens with one attached hydrogen (secondary N) is 1. The Morgan fingerprint density at radius 3 is 2.65 bits per heavy atom. The molecule has 0 radical (unpaired) electrons. The molecule has 0 spiro atoms. The fraction of sp³-hybridized carbons (Fsp3) is 0.300. The molecule has 1 aliphatic carbocycles. The van der Waals surface area contributed by atoms with Crippen LogP contribution in [-0.2, 0) is 6.18 Å². The van der Waals surface area contributed by atoms with Gasteiger partial charge in [-0.25, -0.2) is 0 Å². The average Bonchev–Trinajstić information content (AvgIpc) is 3.09. The Bertz CT molecular complexity index is 878. The van der Waals surface area contributed by atoms with E-state index in [1.807, 2.05) is 24.3 Å². The number of alkyl halides is 3. The third-order valence-electron chi connectivity index (χ3n) is 5.22. The number of ether oxygens (including phenoxy) is 1. The molecule has 1 aliphatic heterocycles. The lowest BCUT2D eigenvalue weighted by Crippen LogP contribution is -2.29. The number of allylic oxidation sites excluding steroid dienone is 2. The van der Waals surface area contributed by atoms with Gasteiger partial charge in [0.2, 0.25) is 0 Å². The highest BCUT2D eigenvalue weighted by Gasteiger charge is 2.40. The van der Waals surface area contributed by atoms with Crippen molar-refractivity contribution in [2.24, 2.45) is 5.92 Å². The summed E-state index contributed by atoms with van der Waals surface area (Å²) in [6, 6.07) is 9.76. The van der Waals surface area contributed by atoms with Gasteiger partial charge in [0.15, 0.2) is 0 Å². The van der Waals surface area contributed by atoms with Crippen LogP contribution in [0.5, 0.6) is 5.75 Å². The number of benzene rings is 2. The predicted molar refractivity (Wildman–Crippen MR) is 98.5 cm³/mol. The van der Waals surface area contributed by atoms with Crippen LogP contribution in [0.1, 0.15) is 35.1 Å². The molecule has 26 heavy (non-hydrogen) atoms. The van der Waals surface area contributed by atoms with E-state index in [9.17, 15) is 13.2 Å². The predicted octanol–water partition coefficient (Wildman–Crippen LogP) is 6.30. The van der Waals surface area contributed by atoms with Crippen LogP contribution in [0.15, 0.2) is 53.0 Å². The molecule has 2 aromatic rings. The molecule has 3 atom stereocenters. The summed E-state index contributed by atoms with van der Waals surface area (Å²) >= 11 is 3.50. The van der Waals surface area contributed by atoms with E-state index in [4.69, 9.17) is 4.74 Å². The summed E-state index contributed by atoms with van der Waals surface area (Å²) in [5.41, 5.74) is 1.86. The Labute approximate surface area is 158 Å². The van der Waals surface area contributed by atoms with E-state index in [2.05, 4.69) is 27.3 Å². The first-order chi connectivity index (χ1) is 12.4. The van der Waals surface area contributed by atoms with Gasteiger partial charge in [0, 0.05) is 21.6 Å². The zero-order chi connectivity index (χ0) is 18.5. The van der Waals surface area contributed by atoms with Crippen LogP contribution in [-0.4, -0.2) is 7.11 Å². The normalized spacial score (nSPS) is 24.0. The summed E-state index contributed by atoms with van der Waals surface area (Å²) in [7, 11) is 1.63. The zero-order valence-electron chi connectivity index (χ0n) is 14.0. The maximum Gasteiger partial charge on any atom is 0.416 e. The number of hydrogen-bond acceptors (Lipinski definition) is 2. The van der Waals surface area contributed by atoms with E-state index >= 15 is 0 Å². The standard InChI is InChI=1S/C20H17BrF3NO/c1-26-18-8-6-12(21)10-16(18)19-14-4-2-3-13(14)15-9-11(20(22,23)24)5-7-17(15)25-19/h2-3,5-10,13-14,19,25H,4H2,1H3/t13-,14-,19-/m1/s1. The van der Waals surface area contributed by atoms with Gasteiger partial charge >= 0.3 is 6.18 Å². The number of fused-ring (bicyclic) bond motifs is 3. The number of halogens is 4. The summed E-state index contributed by atoms with van der Waals surface area (Å²) in [5.74, 6) is 0.878. The molecule has 2 aliphatic rings. The highest BCUT2D eigenvalue weighted by Crippen LogP contribution is 2.52. The first-order valence-corrected chi connectivity index (χ1v) is 9.15. The van der Waals surface area contributed by atoms with Gasteiger partial charge in [0.25, 0.3) is 0 Å². The van der Waals surface area contributed by atoms with Crippen molar-refractivity contribution in [3.63, 3.8) is 0 Å². The SMILES string of the molecule is COc1ccc(Br)cc1[C@@H]1Nc2ccc(C(F)(F)F)cc2[C@@H]2C=CC[C@H]21. The van der Waals surface area contributed by atoms with Gasteiger partial charge in [-0.15, -0.1) is 0 Å². The van der Waals surface area contributed by atoms with E-state index in [0.29, 0.717) is 5.56 Å². The molecule has 1 N–H and O–H groups in total. The van der Waals surface area contributed by atoms with Gasteiger partial charge in [0.1, 0.15) is 5.75 Å². The Hall–Kier alpha value is -1.95. The second-order valence-corrected chi connectivity index (χ2v) is 7.58. The molecular weight excluding hydrogens is 407 g/mol. The molecular formula is C20H17BrF3NO. The van der Waals surface area contributed by atoms with Crippen LogP contribution in [0, 0.1) is 5.92 Å². The molecule has 0 saturated carbocycles. The Kier molecular flexibility index (Phi) is 4.26. The molecule has 1 heterocycles. The van der Waals surface area contributed by atoms with Crippen molar-refractivity contribution in [3.05, 3.63) is 69.7 Å². The van der Waals surface area contributed by atoms with Gasteiger partial charge in [-0.05, 0) is 54.3 Å². The number of methoxy groups -OCH3 is 1. The second-order valence-electron chi connectivity index (χ2n) is 6.66. The van der Waals surface area contributed by atoms with Crippen molar-refractivity contribution in [1.82, 2.24) is 0 Å². The summed E-state index contributed by atoms with van der Waals surface area (Å²) in [5, 5.41) is 3.46. The Morgan fingerprint density at radius 1 is 1.12 bits per heavy atom. The molecule has 6 heteroatoms. The second kappa shape index (κ2) is 6.34. The minimum absolute atomic E-state index is 0.0355. The quantitative estimate of drug-likeness (QED) is 0.571. The molecule has 136 valence electrons. The van der Waals surface area contributed by atoms with Crippen LogP contribution in [0.2, 0.25) is 0 Å². The molecule has 0 saturated heterocycles. The lowest BCUT2D eigenvalue weighted by Gasteiger charge is -2.38. The van der Waals surface area contributed by atoms with Crippen molar-refractivity contribution in [3.8, 4) is 5.75 Å². The Morgan fingerprint density at radius 2 is 1.92 bits per heavy atom. The zero-order valence-corrected chi connectivity index (χ0v) is 15.6. The molecule has 4 rings (SSSR count). The van der Waals surface area contributed by atoms with Gasteiger partial charge in [0.05, 0.1) is 18.7 Å². The fourth-order valence-corrected chi connectivity index (χ4v) is 4.41. The lowest BCUT2D eigenvalue weighted by atomic mass is 9.76. The molecule has 0 aromatic heterocycles. The van der Waals surface area contributed by atoms with E-state index in [1.165, 1.54) is 12.1 Å². The first-order valence-electron chi connectivity index (χ1n) is 8.36. The number of anilines is 1. The third kappa shape index (κ3) is 2.90. The third-order valence-corrected chi connectivity index (χ3v) is 5.71. The summed E-state index contributed by atoms with van der Waals surface area (Å²) in [6.45, 7) is 0. The molecule has 2 aromatic carbocycles. The van der Waals surface area contributed by atoms with Gasteiger partial charge in [-0.3, -0.25) is 0 Å². The van der Waals surface area contributed by atoms with Gasteiger partial charge in [-0.2, -0.15) is 13.2 Å². The van der Waals surface area contributed by atoms with Crippen LogP contribution in [0.4, 0.5) is 18.9 Å². The van der Waals surface area contributed by atoms with E-state index < -0.39 is 11.7 Å². The van der Waals surface area contributed by atoms with Crippen molar-refractivity contribution < 1.29 is 17.9 Å². The molecule has 2 nitrogen and oxygen atoms in total. The Balaban J connectivity index is 1.80. The minimum atomic E-state index is -4.34. The number of hydrogen-bond donors (Lipinski definition) is 1. The molecule has 0 unspecified atom stereocenters. The summed E-state index contributed by atoms with van der Waals surface area (Å²) < 4.78 is 45.8. The molecule has 0 amide bonds. The highest BCUT2D eigenvalue weighted by molar-refractivity contribution is 9.10. The summed E-state index contributed by atoms with van der Waals surface area (Å²) in [4.78, 5) is 0. The minimum Gasteiger partial charge on any atom is -0.496 e. The van der Waals surface area contributed by atoms with Crippen molar-refractivity contribution in [2.75, 3.05) is 12.4 Å². The largest absolute Gasteiger partial charge is 0.496 e. The first kappa shape index (κ1) is 17.5. The van der Waals surface area contributed by atoms with Crippen molar-refractivity contribution in [2.45, 2.75) is 24.6 Å². The molecule has 0 fully saturated rings. The van der Waals surface area contributed by atoms with Crippen LogP contribution in [0.3, 0.4) is 0 Å². The van der Waals surface area contributed by atoms with E-state index in [1.54, 1.807) is 7.11 Å². The maximum atomic E-state index is 13.1. The lowest BCUT2D eigenvalue weighted by molar-refractivity contribution is -0.137. The number of rotatable bonds is 2. The van der Waals surface area contributed by atoms with Crippen molar-refractivity contribution in [1.29, 1.82) is 0 Å². The fourth-order valence-electron chi connectivity index (χ4n) is 4.03.